The zero-order chi connectivity index (χ0) is 15.9. The van der Waals surface area contributed by atoms with Crippen LogP contribution in [0.25, 0.3) is 22.4 Å². The Morgan fingerprint density at radius 3 is 2.64 bits per heavy atom. The Kier molecular flexibility index (Phi) is 3.68. The van der Waals surface area contributed by atoms with E-state index in [0.29, 0.717) is 32.7 Å². The number of ether oxygens (including phenoxy) is 1. The van der Waals surface area contributed by atoms with Gasteiger partial charge in [0, 0.05) is 5.56 Å². The molecule has 0 unspecified atom stereocenters. The lowest BCUT2D eigenvalue weighted by Crippen LogP contribution is -2.12. The summed E-state index contributed by atoms with van der Waals surface area (Å²) in [4.78, 5) is 19.1. The maximum Gasteiger partial charge on any atom is 0.252 e. The summed E-state index contributed by atoms with van der Waals surface area (Å²) in [6.07, 6.45) is 0. The van der Waals surface area contributed by atoms with Crippen molar-refractivity contribution in [3.05, 3.63) is 45.9 Å². The number of imidazole rings is 1. The van der Waals surface area contributed by atoms with Crippen LogP contribution in [-0.4, -0.2) is 23.0 Å². The number of nitrogens with two attached hydrogens (primary N) is 1. The van der Waals surface area contributed by atoms with Crippen molar-refractivity contribution in [2.24, 2.45) is 5.73 Å². The third kappa shape index (κ3) is 2.49. The number of primary amides is 1. The molecule has 0 aliphatic heterocycles. The van der Waals surface area contributed by atoms with Crippen molar-refractivity contribution in [3.8, 4) is 17.1 Å². The number of nitrogens with one attached hydrogen (secondary N) is 1. The molecule has 0 bridgehead atoms. The third-order valence-electron chi connectivity index (χ3n) is 3.26. The number of H-pyrrole nitrogens is 1. The average Bonchev–Trinajstić information content (AvgIpc) is 2.89. The lowest BCUT2D eigenvalue weighted by atomic mass is 10.1. The minimum atomic E-state index is -0.569. The Hall–Kier alpha value is -2.24. The summed E-state index contributed by atoms with van der Waals surface area (Å²) in [5, 5.41) is 0.872. The Labute approximate surface area is 136 Å². The molecule has 1 amide bonds. The smallest absolute Gasteiger partial charge is 0.252 e. The first-order valence-electron chi connectivity index (χ1n) is 6.32. The van der Waals surface area contributed by atoms with Gasteiger partial charge in [-0.25, -0.2) is 4.98 Å². The van der Waals surface area contributed by atoms with Crippen LogP contribution in [0.15, 0.2) is 30.3 Å². The monoisotopic (exact) mass is 335 g/mol. The molecular weight excluding hydrogens is 325 g/mol. The Morgan fingerprint density at radius 2 is 1.95 bits per heavy atom. The molecule has 0 spiro atoms. The van der Waals surface area contributed by atoms with E-state index < -0.39 is 5.91 Å². The van der Waals surface area contributed by atoms with Crippen LogP contribution in [0.1, 0.15) is 10.4 Å². The van der Waals surface area contributed by atoms with E-state index >= 15 is 0 Å². The van der Waals surface area contributed by atoms with Gasteiger partial charge in [0.25, 0.3) is 5.91 Å². The summed E-state index contributed by atoms with van der Waals surface area (Å²) < 4.78 is 5.12. The molecule has 0 aliphatic rings. The van der Waals surface area contributed by atoms with Crippen LogP contribution >= 0.6 is 23.2 Å². The second-order valence-electron chi connectivity index (χ2n) is 4.65. The molecule has 22 heavy (non-hydrogen) atoms. The molecule has 0 saturated carbocycles. The van der Waals surface area contributed by atoms with Crippen molar-refractivity contribution < 1.29 is 9.53 Å². The number of hydrogen-bond donors (Lipinski definition) is 2. The number of aromatic nitrogens is 2. The molecule has 3 aromatic rings. The van der Waals surface area contributed by atoms with Crippen molar-refractivity contribution in [2.45, 2.75) is 0 Å². The van der Waals surface area contributed by atoms with E-state index in [1.165, 1.54) is 7.11 Å². The average molecular weight is 336 g/mol. The lowest BCUT2D eigenvalue weighted by Gasteiger charge is -2.06. The van der Waals surface area contributed by atoms with Crippen LogP contribution in [-0.2, 0) is 0 Å². The fourth-order valence-electron chi connectivity index (χ4n) is 2.19. The maximum atomic E-state index is 11.5. The number of carbonyl (C=O) groups is 1. The minimum absolute atomic E-state index is 0.288. The molecule has 0 saturated heterocycles. The van der Waals surface area contributed by atoms with Gasteiger partial charge in [0.2, 0.25) is 0 Å². The van der Waals surface area contributed by atoms with Gasteiger partial charge in [-0.1, -0.05) is 23.2 Å². The zero-order valence-corrected chi connectivity index (χ0v) is 13.0. The Bertz CT molecular complexity index is 851. The maximum absolute atomic E-state index is 11.5. The van der Waals surface area contributed by atoms with E-state index in [-0.39, 0.29) is 5.56 Å². The van der Waals surface area contributed by atoms with Gasteiger partial charge in [-0.05, 0) is 30.3 Å². The molecule has 112 valence electrons. The fraction of sp³-hybridized carbons (Fsp3) is 0.0667. The van der Waals surface area contributed by atoms with Crippen LogP contribution in [0.2, 0.25) is 10.0 Å². The normalized spacial score (nSPS) is 10.9. The quantitative estimate of drug-likeness (QED) is 0.766. The predicted octanol–water partition coefficient (Wildman–Crippen LogP) is 3.64. The highest BCUT2D eigenvalue weighted by atomic mass is 35.5. The van der Waals surface area contributed by atoms with Crippen molar-refractivity contribution in [2.75, 3.05) is 7.11 Å². The topological polar surface area (TPSA) is 81.0 Å². The Morgan fingerprint density at radius 1 is 1.23 bits per heavy atom. The summed E-state index contributed by atoms with van der Waals surface area (Å²) in [6, 6.07) is 8.46. The molecule has 0 aliphatic carbocycles. The van der Waals surface area contributed by atoms with Crippen molar-refractivity contribution in [1.29, 1.82) is 0 Å². The van der Waals surface area contributed by atoms with E-state index in [9.17, 15) is 4.79 Å². The number of carbonyl (C=O) groups excluding carboxylic acids is 1. The number of benzene rings is 2. The van der Waals surface area contributed by atoms with Gasteiger partial charge in [0.15, 0.2) is 0 Å². The van der Waals surface area contributed by atoms with Crippen molar-refractivity contribution in [1.82, 2.24) is 9.97 Å². The largest absolute Gasteiger partial charge is 0.496 e. The molecule has 3 rings (SSSR count). The van der Waals surface area contributed by atoms with Gasteiger partial charge in [0.1, 0.15) is 11.6 Å². The first kappa shape index (κ1) is 14.7. The van der Waals surface area contributed by atoms with Crippen LogP contribution < -0.4 is 10.5 Å². The fourth-order valence-corrected chi connectivity index (χ4v) is 2.51. The molecule has 1 heterocycles. The number of hydrogen-bond acceptors (Lipinski definition) is 3. The van der Waals surface area contributed by atoms with E-state index in [1.54, 1.807) is 30.3 Å². The second kappa shape index (κ2) is 5.51. The highest BCUT2D eigenvalue weighted by Crippen LogP contribution is 2.30. The summed E-state index contributed by atoms with van der Waals surface area (Å²) >= 11 is 12.0. The zero-order valence-electron chi connectivity index (χ0n) is 11.5. The van der Waals surface area contributed by atoms with E-state index in [0.717, 1.165) is 5.52 Å². The van der Waals surface area contributed by atoms with E-state index in [4.69, 9.17) is 33.7 Å². The third-order valence-corrected chi connectivity index (χ3v) is 3.98. The number of fused-ring (bicyclic) bond motifs is 1. The first-order chi connectivity index (χ1) is 10.5. The van der Waals surface area contributed by atoms with Crippen LogP contribution in [0, 0.1) is 0 Å². The highest BCUT2D eigenvalue weighted by Gasteiger charge is 2.13. The second-order valence-corrected chi connectivity index (χ2v) is 5.46. The van der Waals surface area contributed by atoms with Gasteiger partial charge >= 0.3 is 0 Å². The summed E-state index contributed by atoms with van der Waals surface area (Å²) in [5.41, 5.74) is 7.79. The van der Waals surface area contributed by atoms with Gasteiger partial charge in [-0.15, -0.1) is 0 Å². The molecule has 5 nitrogen and oxygen atoms in total. The van der Waals surface area contributed by atoms with Crippen LogP contribution in [0.5, 0.6) is 5.75 Å². The lowest BCUT2D eigenvalue weighted by molar-refractivity contribution is 0.0997. The molecule has 1 aromatic heterocycles. The molecule has 2 aromatic carbocycles. The minimum Gasteiger partial charge on any atom is -0.496 e. The van der Waals surface area contributed by atoms with Crippen molar-refractivity contribution >= 4 is 40.1 Å². The number of methoxy groups -OCH3 is 1. The van der Waals surface area contributed by atoms with Crippen LogP contribution in [0.3, 0.4) is 0 Å². The SMILES string of the molecule is COc1ccc(-c2nc3cc(Cl)c(Cl)cc3[nH]2)cc1C(N)=O. The molecule has 0 radical (unpaired) electrons. The number of aromatic amines is 1. The standard InChI is InChI=1S/C15H11Cl2N3O2/c1-22-13-3-2-7(4-8(13)14(18)21)15-19-11-5-9(16)10(17)6-12(11)20-15/h2-6H,1H3,(H2,18,21)(H,19,20). The summed E-state index contributed by atoms with van der Waals surface area (Å²) in [7, 11) is 1.48. The first-order valence-corrected chi connectivity index (χ1v) is 7.08. The summed E-state index contributed by atoms with van der Waals surface area (Å²) in [5.74, 6) is 0.429. The molecular formula is C15H11Cl2N3O2. The molecule has 0 atom stereocenters. The van der Waals surface area contributed by atoms with Gasteiger partial charge in [-0.2, -0.15) is 0 Å². The number of rotatable bonds is 3. The van der Waals surface area contributed by atoms with Crippen molar-refractivity contribution in [3.63, 3.8) is 0 Å². The predicted molar refractivity (Wildman–Crippen MR) is 86.6 cm³/mol. The van der Waals surface area contributed by atoms with Gasteiger partial charge in [-0.3, -0.25) is 4.79 Å². The number of nitrogens with zero attached hydrogens (tertiary/aromatic N) is 1. The van der Waals surface area contributed by atoms with Gasteiger partial charge < -0.3 is 15.5 Å². The van der Waals surface area contributed by atoms with E-state index in [2.05, 4.69) is 9.97 Å². The van der Waals surface area contributed by atoms with E-state index in [1.807, 2.05) is 0 Å². The number of halogens is 2. The molecule has 3 N–H and O–H groups in total. The summed E-state index contributed by atoms with van der Waals surface area (Å²) in [6.45, 7) is 0. The molecule has 0 fully saturated rings. The number of amides is 1. The Balaban J connectivity index is 2.15. The molecule has 7 heteroatoms. The highest BCUT2D eigenvalue weighted by molar-refractivity contribution is 6.42. The van der Waals surface area contributed by atoms with Crippen LogP contribution in [0.4, 0.5) is 0 Å². The van der Waals surface area contributed by atoms with Gasteiger partial charge in [0.05, 0.1) is 33.8 Å².